The van der Waals surface area contributed by atoms with E-state index in [-0.39, 0.29) is 5.69 Å². The molecule has 4 rings (SSSR count). The van der Waals surface area contributed by atoms with Gasteiger partial charge in [-0.2, -0.15) is 0 Å². The third-order valence-corrected chi connectivity index (χ3v) is 4.42. The normalized spacial score (nSPS) is 10.7. The molecule has 3 N–H and O–H groups in total. The van der Waals surface area contributed by atoms with Gasteiger partial charge in [0.05, 0.1) is 17.4 Å². The molecule has 0 fully saturated rings. The van der Waals surface area contributed by atoms with E-state index < -0.39 is 11.8 Å². The van der Waals surface area contributed by atoms with Gasteiger partial charge in [-0.1, -0.05) is 45.4 Å². The Balaban J connectivity index is 1.45. The van der Waals surface area contributed by atoms with Crippen LogP contribution in [0.15, 0.2) is 65.4 Å². The molecular formula is C18H13BrN6O2. The zero-order valence-electron chi connectivity index (χ0n) is 13.8. The van der Waals surface area contributed by atoms with Crippen LogP contribution in [0.4, 0.5) is 0 Å². The van der Waals surface area contributed by atoms with Crippen molar-refractivity contribution in [3.8, 4) is 5.69 Å². The summed E-state index contributed by atoms with van der Waals surface area (Å²) in [6.45, 7) is 0. The summed E-state index contributed by atoms with van der Waals surface area (Å²) in [6.07, 6.45) is 3.07. The van der Waals surface area contributed by atoms with Crippen molar-refractivity contribution in [1.82, 2.24) is 30.8 Å². The molecule has 0 saturated carbocycles. The Labute approximate surface area is 161 Å². The molecule has 134 valence electrons. The van der Waals surface area contributed by atoms with Gasteiger partial charge >= 0.3 is 0 Å². The number of amides is 2. The number of rotatable bonds is 3. The average Bonchev–Trinajstić information content (AvgIpc) is 3.33. The lowest BCUT2D eigenvalue weighted by atomic mass is 10.2. The Morgan fingerprint density at radius 3 is 2.70 bits per heavy atom. The topological polar surface area (TPSA) is 105 Å². The van der Waals surface area contributed by atoms with E-state index in [1.54, 1.807) is 6.20 Å². The van der Waals surface area contributed by atoms with E-state index in [9.17, 15) is 9.59 Å². The Bertz CT molecular complexity index is 1150. The first-order chi connectivity index (χ1) is 13.1. The van der Waals surface area contributed by atoms with Gasteiger partial charge < -0.3 is 4.98 Å². The van der Waals surface area contributed by atoms with Gasteiger partial charge in [0.2, 0.25) is 0 Å². The van der Waals surface area contributed by atoms with Crippen molar-refractivity contribution in [3.63, 3.8) is 0 Å². The van der Waals surface area contributed by atoms with Crippen molar-refractivity contribution in [1.29, 1.82) is 0 Å². The number of para-hydroxylation sites is 1. The van der Waals surface area contributed by atoms with Gasteiger partial charge in [-0.25, -0.2) is 4.68 Å². The summed E-state index contributed by atoms with van der Waals surface area (Å²) in [5, 5.41) is 8.54. The lowest BCUT2D eigenvalue weighted by Crippen LogP contribution is -2.41. The molecule has 9 heteroatoms. The van der Waals surface area contributed by atoms with Gasteiger partial charge in [0.1, 0.15) is 0 Å². The van der Waals surface area contributed by atoms with Gasteiger partial charge in [0.25, 0.3) is 11.8 Å². The first-order valence-corrected chi connectivity index (χ1v) is 8.76. The number of carbonyl (C=O) groups excluding carboxylic acids is 2. The predicted octanol–water partition coefficient (Wildman–Crippen LogP) is 2.59. The Morgan fingerprint density at radius 1 is 1.04 bits per heavy atom. The minimum absolute atomic E-state index is 0.0780. The molecule has 0 radical (unpaired) electrons. The molecule has 0 saturated heterocycles. The standard InChI is InChI=1S/C18H13BrN6O2/c19-11-4-3-5-12(8-11)25-10-16(21-24-25)18(27)23-22-17(26)14-9-20-15-7-2-1-6-13(14)15/h1-10,20H,(H,22,26)(H,23,27). The van der Waals surface area contributed by atoms with Crippen LogP contribution in [0.5, 0.6) is 0 Å². The van der Waals surface area contributed by atoms with Crippen LogP contribution in [0, 0.1) is 0 Å². The van der Waals surface area contributed by atoms with Crippen molar-refractivity contribution in [2.45, 2.75) is 0 Å². The van der Waals surface area contributed by atoms with Gasteiger partial charge in [-0.05, 0) is 24.3 Å². The fourth-order valence-electron chi connectivity index (χ4n) is 2.62. The van der Waals surface area contributed by atoms with Crippen LogP contribution in [0.1, 0.15) is 20.8 Å². The Kier molecular flexibility index (Phi) is 4.43. The molecular weight excluding hydrogens is 412 g/mol. The molecule has 0 aliphatic carbocycles. The number of aromatic amines is 1. The molecule has 0 unspecified atom stereocenters. The zero-order chi connectivity index (χ0) is 18.8. The van der Waals surface area contributed by atoms with Crippen LogP contribution in [0.3, 0.4) is 0 Å². The van der Waals surface area contributed by atoms with Gasteiger partial charge in [0, 0.05) is 21.6 Å². The molecule has 0 aliphatic heterocycles. The maximum atomic E-state index is 12.3. The van der Waals surface area contributed by atoms with Crippen molar-refractivity contribution in [3.05, 3.63) is 76.7 Å². The van der Waals surface area contributed by atoms with Crippen molar-refractivity contribution in [2.24, 2.45) is 0 Å². The summed E-state index contributed by atoms with van der Waals surface area (Å²) < 4.78 is 2.36. The quantitative estimate of drug-likeness (QED) is 0.439. The van der Waals surface area contributed by atoms with E-state index >= 15 is 0 Å². The summed E-state index contributed by atoms with van der Waals surface area (Å²) in [5.41, 5.74) is 6.84. The third-order valence-electron chi connectivity index (χ3n) is 3.92. The molecule has 8 nitrogen and oxygen atoms in total. The number of hydrogen-bond acceptors (Lipinski definition) is 4. The van der Waals surface area contributed by atoms with Crippen molar-refractivity contribution in [2.75, 3.05) is 0 Å². The highest BCUT2D eigenvalue weighted by Crippen LogP contribution is 2.17. The van der Waals surface area contributed by atoms with E-state index in [0.717, 1.165) is 21.1 Å². The van der Waals surface area contributed by atoms with Crippen molar-refractivity contribution < 1.29 is 9.59 Å². The summed E-state index contributed by atoms with van der Waals surface area (Å²) in [4.78, 5) is 27.6. The number of H-pyrrole nitrogens is 1. The molecule has 0 spiro atoms. The molecule has 4 aromatic rings. The summed E-state index contributed by atoms with van der Waals surface area (Å²) in [5.74, 6) is -0.996. The fraction of sp³-hybridized carbons (Fsp3) is 0. The highest BCUT2D eigenvalue weighted by Gasteiger charge is 2.15. The lowest BCUT2D eigenvalue weighted by Gasteiger charge is -2.04. The van der Waals surface area contributed by atoms with Gasteiger partial charge in [0.15, 0.2) is 5.69 Å². The minimum atomic E-state index is -0.565. The SMILES string of the molecule is O=C(NNC(=O)c1c[nH]c2ccccc12)c1cn(-c2cccc(Br)c2)nn1. The summed E-state index contributed by atoms with van der Waals surface area (Å²) >= 11 is 3.38. The number of aromatic nitrogens is 4. The smallest absolute Gasteiger partial charge is 0.291 e. The van der Waals surface area contributed by atoms with Crippen LogP contribution in [-0.2, 0) is 0 Å². The number of halogens is 1. The fourth-order valence-corrected chi connectivity index (χ4v) is 3.00. The molecule has 0 bridgehead atoms. The number of benzene rings is 2. The number of nitrogens with zero attached hydrogens (tertiary/aromatic N) is 3. The van der Waals surface area contributed by atoms with Crippen molar-refractivity contribution >= 4 is 38.6 Å². The highest BCUT2D eigenvalue weighted by molar-refractivity contribution is 9.10. The van der Waals surface area contributed by atoms with Crippen LogP contribution in [0.2, 0.25) is 0 Å². The summed E-state index contributed by atoms with van der Waals surface area (Å²) in [7, 11) is 0. The maximum absolute atomic E-state index is 12.3. The minimum Gasteiger partial charge on any atom is -0.360 e. The molecule has 0 atom stereocenters. The highest BCUT2D eigenvalue weighted by atomic mass is 79.9. The first kappa shape index (κ1) is 17.0. The molecule has 2 amide bonds. The van der Waals surface area contributed by atoms with E-state index in [0.29, 0.717) is 5.56 Å². The second-order valence-corrected chi connectivity index (χ2v) is 6.60. The van der Waals surface area contributed by atoms with Crippen LogP contribution < -0.4 is 10.9 Å². The van der Waals surface area contributed by atoms with Crippen LogP contribution in [-0.4, -0.2) is 31.8 Å². The van der Waals surface area contributed by atoms with E-state index in [2.05, 4.69) is 42.1 Å². The Hall–Kier alpha value is -3.46. The van der Waals surface area contributed by atoms with E-state index in [4.69, 9.17) is 0 Å². The number of hydrazine groups is 1. The largest absolute Gasteiger partial charge is 0.360 e. The maximum Gasteiger partial charge on any atom is 0.291 e. The van der Waals surface area contributed by atoms with Crippen LogP contribution in [0.25, 0.3) is 16.6 Å². The average molecular weight is 425 g/mol. The van der Waals surface area contributed by atoms with Crippen LogP contribution >= 0.6 is 15.9 Å². The number of hydrogen-bond donors (Lipinski definition) is 3. The molecule has 2 heterocycles. The van der Waals surface area contributed by atoms with Gasteiger partial charge in [-0.3, -0.25) is 20.4 Å². The van der Waals surface area contributed by atoms with E-state index in [1.807, 2.05) is 48.5 Å². The number of nitrogens with one attached hydrogen (secondary N) is 3. The lowest BCUT2D eigenvalue weighted by molar-refractivity contribution is 0.0845. The van der Waals surface area contributed by atoms with E-state index in [1.165, 1.54) is 10.9 Å². The monoisotopic (exact) mass is 424 g/mol. The third kappa shape index (κ3) is 3.44. The summed E-state index contributed by atoms with van der Waals surface area (Å²) in [6, 6.07) is 14.8. The molecule has 0 aliphatic rings. The van der Waals surface area contributed by atoms with Gasteiger partial charge in [-0.15, -0.1) is 5.10 Å². The predicted molar refractivity (Wildman–Crippen MR) is 102 cm³/mol. The number of carbonyl (C=O) groups is 2. The first-order valence-electron chi connectivity index (χ1n) is 7.97. The molecule has 2 aromatic heterocycles. The zero-order valence-corrected chi connectivity index (χ0v) is 15.4. The molecule has 2 aromatic carbocycles. The number of fused-ring (bicyclic) bond motifs is 1. The molecule has 27 heavy (non-hydrogen) atoms. The Morgan fingerprint density at radius 2 is 1.85 bits per heavy atom. The second kappa shape index (κ2) is 7.04. The second-order valence-electron chi connectivity index (χ2n) is 5.68.